The zero-order chi connectivity index (χ0) is 15.1. The molecule has 114 valence electrons. The molecule has 21 heavy (non-hydrogen) atoms. The zero-order valence-electron chi connectivity index (χ0n) is 11.0. The average molecular weight is 334 g/mol. The van der Waals surface area contributed by atoms with Crippen LogP contribution in [0.1, 0.15) is 25.7 Å². The number of nitrogens with one attached hydrogen (secondary N) is 1. The summed E-state index contributed by atoms with van der Waals surface area (Å²) < 4.78 is 14.0. The second-order valence-electron chi connectivity index (χ2n) is 5.66. The molecule has 1 aromatic heterocycles. The van der Waals surface area contributed by atoms with Gasteiger partial charge in [-0.05, 0) is 49.1 Å². The quantitative estimate of drug-likeness (QED) is 0.656. The van der Waals surface area contributed by atoms with Crippen molar-refractivity contribution in [2.45, 2.75) is 31.7 Å². The molecule has 4 rings (SSSR count). The van der Waals surface area contributed by atoms with Crippen molar-refractivity contribution in [3.8, 4) is 0 Å². The summed E-state index contributed by atoms with van der Waals surface area (Å²) in [7, 11) is 0. The van der Waals surface area contributed by atoms with Crippen molar-refractivity contribution < 1.29 is 14.3 Å². The van der Waals surface area contributed by atoms with Crippen LogP contribution < -0.4 is 5.32 Å². The van der Waals surface area contributed by atoms with Gasteiger partial charge in [0.1, 0.15) is 0 Å². The number of halogens is 3. The van der Waals surface area contributed by atoms with Gasteiger partial charge < -0.3 is 10.4 Å². The molecule has 0 spiro atoms. The van der Waals surface area contributed by atoms with Crippen LogP contribution in [0.25, 0.3) is 0 Å². The molecule has 2 N–H and O–H groups in total. The summed E-state index contributed by atoms with van der Waals surface area (Å²) in [5.74, 6) is -1.99. The van der Waals surface area contributed by atoms with E-state index in [2.05, 4.69) is 15.3 Å². The predicted molar refractivity (Wildman–Crippen MR) is 76.0 cm³/mol. The van der Waals surface area contributed by atoms with E-state index in [1.165, 1.54) is 0 Å². The van der Waals surface area contributed by atoms with E-state index >= 15 is 0 Å². The second-order valence-corrected chi connectivity index (χ2v) is 6.35. The summed E-state index contributed by atoms with van der Waals surface area (Å²) in [6, 6.07) is -0.355. The number of hydrogen-bond acceptors (Lipinski definition) is 4. The molecule has 8 heteroatoms. The van der Waals surface area contributed by atoms with Gasteiger partial charge in [-0.3, -0.25) is 4.79 Å². The summed E-state index contributed by atoms with van der Waals surface area (Å²) in [4.78, 5) is 18.9. The molecule has 1 aromatic rings. The van der Waals surface area contributed by atoms with Crippen molar-refractivity contribution in [3.05, 3.63) is 16.3 Å². The van der Waals surface area contributed by atoms with E-state index in [-0.39, 0.29) is 34.1 Å². The fourth-order valence-electron chi connectivity index (χ4n) is 3.66. The number of carbonyl (C=O) groups is 1. The molecule has 3 saturated carbocycles. The first-order valence-corrected chi connectivity index (χ1v) is 7.61. The van der Waals surface area contributed by atoms with Crippen LogP contribution in [-0.4, -0.2) is 27.1 Å². The third-order valence-electron chi connectivity index (χ3n) is 4.59. The standard InChI is InChI=1S/C13H14Cl2FN3O2/c14-10-8(16)11(19-13(15)18-10)17-9-6-3-1-5(2-4-6)7(9)12(20)21/h5-7,9H,1-4H2,(H,20,21)(H,17,18,19). The van der Waals surface area contributed by atoms with Crippen molar-refractivity contribution in [2.75, 3.05) is 5.32 Å². The number of hydrogen-bond donors (Lipinski definition) is 2. The summed E-state index contributed by atoms with van der Waals surface area (Å²) in [5.41, 5.74) is 0. The number of nitrogens with zero attached hydrogens (tertiary/aromatic N) is 2. The molecule has 2 unspecified atom stereocenters. The van der Waals surface area contributed by atoms with Crippen LogP contribution in [0.2, 0.25) is 10.4 Å². The third kappa shape index (κ3) is 2.66. The van der Waals surface area contributed by atoms with Gasteiger partial charge in [0.25, 0.3) is 0 Å². The van der Waals surface area contributed by atoms with Gasteiger partial charge >= 0.3 is 5.97 Å². The Morgan fingerprint density at radius 1 is 1.19 bits per heavy atom. The maximum absolute atomic E-state index is 14.0. The third-order valence-corrected chi connectivity index (χ3v) is 5.01. The van der Waals surface area contributed by atoms with Crippen molar-refractivity contribution in [1.82, 2.24) is 9.97 Å². The van der Waals surface area contributed by atoms with Gasteiger partial charge in [-0.1, -0.05) is 11.6 Å². The zero-order valence-corrected chi connectivity index (χ0v) is 12.5. The Kier molecular flexibility index (Phi) is 3.92. The smallest absolute Gasteiger partial charge is 0.308 e. The molecule has 1 heterocycles. The van der Waals surface area contributed by atoms with Crippen LogP contribution in [0.5, 0.6) is 0 Å². The van der Waals surface area contributed by atoms with Crippen LogP contribution in [0.15, 0.2) is 0 Å². The van der Waals surface area contributed by atoms with E-state index in [0.29, 0.717) is 0 Å². The predicted octanol–water partition coefficient (Wildman–Crippen LogP) is 3.22. The van der Waals surface area contributed by atoms with Crippen molar-refractivity contribution >= 4 is 35.0 Å². The molecule has 3 aliphatic carbocycles. The fourth-order valence-corrected chi connectivity index (χ4v) is 4.04. The molecule has 0 aliphatic heterocycles. The highest BCUT2D eigenvalue weighted by molar-refractivity contribution is 6.32. The normalized spacial score (nSPS) is 31.2. The Bertz CT molecular complexity index is 579. The molecule has 0 amide bonds. The highest BCUT2D eigenvalue weighted by atomic mass is 35.5. The monoisotopic (exact) mass is 333 g/mol. The Morgan fingerprint density at radius 3 is 2.43 bits per heavy atom. The average Bonchev–Trinajstić information content (AvgIpc) is 2.45. The molecule has 0 saturated heterocycles. The Balaban J connectivity index is 1.91. The van der Waals surface area contributed by atoms with Crippen LogP contribution in [0, 0.1) is 23.6 Å². The molecule has 0 aromatic carbocycles. The minimum absolute atomic E-state index is 0.121. The number of aromatic nitrogens is 2. The summed E-state index contributed by atoms with van der Waals surface area (Å²) in [6.07, 6.45) is 3.71. The van der Waals surface area contributed by atoms with Gasteiger partial charge in [-0.2, -0.15) is 9.37 Å². The highest BCUT2D eigenvalue weighted by Gasteiger charge is 2.47. The van der Waals surface area contributed by atoms with E-state index in [9.17, 15) is 14.3 Å². The summed E-state index contributed by atoms with van der Waals surface area (Å²) >= 11 is 11.3. The second kappa shape index (κ2) is 5.57. The molecule has 5 nitrogen and oxygen atoms in total. The SMILES string of the molecule is O=C(O)C1C2CCC(CC2)C1Nc1nc(Cl)nc(Cl)c1F. The van der Waals surface area contributed by atoms with Gasteiger partial charge in [0.05, 0.1) is 5.92 Å². The van der Waals surface area contributed by atoms with Crippen molar-refractivity contribution in [3.63, 3.8) is 0 Å². The first kappa shape index (κ1) is 14.8. The Labute approximate surface area is 130 Å². The lowest BCUT2D eigenvalue weighted by Gasteiger charge is -2.47. The number of carboxylic acid groups (broad SMARTS) is 1. The van der Waals surface area contributed by atoms with E-state index in [1.807, 2.05) is 0 Å². The lowest BCUT2D eigenvalue weighted by molar-refractivity contribution is -0.148. The van der Waals surface area contributed by atoms with E-state index in [1.54, 1.807) is 0 Å². The molecule has 2 bridgehead atoms. The summed E-state index contributed by atoms with van der Waals surface area (Å²) in [6.45, 7) is 0. The number of fused-ring (bicyclic) bond motifs is 3. The largest absolute Gasteiger partial charge is 0.481 e. The number of rotatable bonds is 3. The molecule has 3 fully saturated rings. The van der Waals surface area contributed by atoms with E-state index < -0.39 is 17.7 Å². The minimum atomic E-state index is -0.853. The van der Waals surface area contributed by atoms with Crippen LogP contribution in [0.4, 0.5) is 10.2 Å². The first-order chi connectivity index (χ1) is 9.97. The van der Waals surface area contributed by atoms with Gasteiger partial charge in [0.15, 0.2) is 11.0 Å². The highest BCUT2D eigenvalue weighted by Crippen LogP contribution is 2.46. The number of aliphatic carboxylic acids is 1. The molecule has 2 atom stereocenters. The molecular formula is C13H14Cl2FN3O2. The van der Waals surface area contributed by atoms with Crippen LogP contribution >= 0.6 is 23.2 Å². The van der Waals surface area contributed by atoms with E-state index in [4.69, 9.17) is 23.2 Å². The lowest BCUT2D eigenvalue weighted by atomic mass is 9.61. The van der Waals surface area contributed by atoms with Crippen LogP contribution in [-0.2, 0) is 4.79 Å². The van der Waals surface area contributed by atoms with Gasteiger partial charge in [-0.25, -0.2) is 4.98 Å². The number of anilines is 1. The van der Waals surface area contributed by atoms with Gasteiger partial charge in [0, 0.05) is 6.04 Å². The molecular weight excluding hydrogens is 320 g/mol. The van der Waals surface area contributed by atoms with Crippen LogP contribution in [0.3, 0.4) is 0 Å². The van der Waals surface area contributed by atoms with Crippen molar-refractivity contribution in [2.24, 2.45) is 17.8 Å². The Morgan fingerprint density at radius 2 is 1.81 bits per heavy atom. The summed E-state index contributed by atoms with van der Waals surface area (Å²) in [5, 5.41) is 11.8. The Hall–Kier alpha value is -1.14. The molecule has 0 radical (unpaired) electrons. The van der Waals surface area contributed by atoms with Crippen molar-refractivity contribution in [1.29, 1.82) is 0 Å². The molecule has 3 aliphatic rings. The first-order valence-electron chi connectivity index (χ1n) is 6.85. The maximum atomic E-state index is 14.0. The number of carboxylic acids is 1. The maximum Gasteiger partial charge on any atom is 0.308 e. The van der Waals surface area contributed by atoms with Gasteiger partial charge in [0.2, 0.25) is 11.1 Å². The lowest BCUT2D eigenvalue weighted by Crippen LogP contribution is -2.51. The van der Waals surface area contributed by atoms with E-state index in [0.717, 1.165) is 25.7 Å². The minimum Gasteiger partial charge on any atom is -0.481 e. The van der Waals surface area contributed by atoms with Gasteiger partial charge in [-0.15, -0.1) is 0 Å². The topological polar surface area (TPSA) is 75.1 Å². The fraction of sp³-hybridized carbons (Fsp3) is 0.615.